The molecule has 0 saturated heterocycles. The molecule has 8 heteroatoms. The van der Waals surface area contributed by atoms with Gasteiger partial charge < -0.3 is 24.5 Å². The van der Waals surface area contributed by atoms with E-state index in [0.29, 0.717) is 37.0 Å². The number of nitrogens with one attached hydrogen (secondary N) is 1. The topological polar surface area (TPSA) is 94.3 Å². The van der Waals surface area contributed by atoms with Crippen LogP contribution in [0.3, 0.4) is 0 Å². The average molecular weight is 395 g/mol. The van der Waals surface area contributed by atoms with Crippen LogP contribution in [-0.2, 0) is 23.4 Å². The second-order valence-electron chi connectivity index (χ2n) is 7.62. The van der Waals surface area contributed by atoms with Gasteiger partial charge in [-0.2, -0.15) is 0 Å². The molecule has 1 aliphatic rings. The molecule has 0 radical (unpaired) electrons. The molecule has 29 heavy (non-hydrogen) atoms. The van der Waals surface area contributed by atoms with Crippen molar-refractivity contribution in [1.29, 1.82) is 0 Å². The van der Waals surface area contributed by atoms with Crippen molar-refractivity contribution >= 4 is 11.6 Å². The molecule has 0 saturated carbocycles. The fourth-order valence-electron chi connectivity index (χ4n) is 3.44. The van der Waals surface area contributed by atoms with E-state index in [1.54, 1.807) is 27.3 Å². The Labute approximate surface area is 169 Å². The minimum Gasteiger partial charge on any atom is -0.494 e. The third-order valence-electron chi connectivity index (χ3n) is 4.83. The largest absolute Gasteiger partial charge is 0.494 e. The van der Waals surface area contributed by atoms with Crippen LogP contribution in [0.1, 0.15) is 36.5 Å². The highest BCUT2D eigenvalue weighted by Crippen LogP contribution is 2.31. The highest BCUT2D eigenvalue weighted by Gasteiger charge is 2.27. The first-order chi connectivity index (χ1) is 13.8. The molecule has 0 spiro atoms. The third-order valence-corrected chi connectivity index (χ3v) is 4.83. The number of anilines is 2. The Hall–Kier alpha value is -2.97. The summed E-state index contributed by atoms with van der Waals surface area (Å²) in [6.45, 7) is 6.42. The molecule has 0 fully saturated rings. The number of aromatic nitrogens is 4. The summed E-state index contributed by atoms with van der Waals surface area (Å²) in [5.41, 5.74) is 3.88. The Morgan fingerprint density at radius 3 is 2.79 bits per heavy atom. The lowest BCUT2D eigenvalue weighted by molar-refractivity contribution is 0.0626. The fraction of sp³-hybridized carbons (Fsp3) is 0.381. The van der Waals surface area contributed by atoms with E-state index >= 15 is 0 Å². The summed E-state index contributed by atoms with van der Waals surface area (Å²) in [6.07, 6.45) is 4.39. The summed E-state index contributed by atoms with van der Waals surface area (Å²) in [5.74, 6) is 1.14. The summed E-state index contributed by atoms with van der Waals surface area (Å²) >= 11 is 0. The molecule has 0 atom stereocenters. The van der Waals surface area contributed by atoms with Crippen LogP contribution in [0.25, 0.3) is 5.69 Å². The number of fused-ring (bicyclic) bond motifs is 1. The first-order valence-electron chi connectivity index (χ1n) is 9.51. The molecule has 152 valence electrons. The predicted molar refractivity (Wildman–Crippen MR) is 109 cm³/mol. The number of methoxy groups -OCH3 is 1. The molecule has 2 N–H and O–H groups in total. The Bertz CT molecular complexity index is 1040. The fourth-order valence-corrected chi connectivity index (χ4v) is 3.44. The molecule has 1 aromatic carbocycles. The van der Waals surface area contributed by atoms with Gasteiger partial charge in [0.2, 0.25) is 5.95 Å². The van der Waals surface area contributed by atoms with Crippen LogP contribution in [0.5, 0.6) is 5.75 Å². The molecule has 0 unspecified atom stereocenters. The van der Waals surface area contributed by atoms with Crippen molar-refractivity contribution in [2.24, 2.45) is 0 Å². The van der Waals surface area contributed by atoms with Crippen molar-refractivity contribution in [2.75, 3.05) is 19.0 Å². The minimum atomic E-state index is -1.09. The predicted octanol–water partition coefficient (Wildman–Crippen LogP) is 3.02. The SMILES string of the molecule is COc1cc(Nc2nc3c(c(C(C)(C)O)n2)COCC3)ccc1-n1cnc(C)c1. The lowest BCUT2D eigenvalue weighted by atomic mass is 9.97. The van der Waals surface area contributed by atoms with Crippen LogP contribution >= 0.6 is 0 Å². The molecule has 3 aromatic rings. The van der Waals surface area contributed by atoms with E-state index in [1.165, 1.54) is 0 Å². The highest BCUT2D eigenvalue weighted by atomic mass is 16.5. The Morgan fingerprint density at radius 1 is 1.28 bits per heavy atom. The maximum Gasteiger partial charge on any atom is 0.227 e. The molecule has 2 aromatic heterocycles. The van der Waals surface area contributed by atoms with Crippen molar-refractivity contribution in [1.82, 2.24) is 19.5 Å². The van der Waals surface area contributed by atoms with Gasteiger partial charge in [-0.05, 0) is 32.9 Å². The van der Waals surface area contributed by atoms with Crippen LogP contribution < -0.4 is 10.1 Å². The molecule has 1 aliphatic heterocycles. The van der Waals surface area contributed by atoms with Crippen molar-refractivity contribution in [3.05, 3.63) is 53.4 Å². The van der Waals surface area contributed by atoms with E-state index in [-0.39, 0.29) is 0 Å². The van der Waals surface area contributed by atoms with Crippen LogP contribution in [0.15, 0.2) is 30.7 Å². The zero-order chi connectivity index (χ0) is 20.6. The summed E-state index contributed by atoms with van der Waals surface area (Å²) in [6, 6.07) is 5.77. The van der Waals surface area contributed by atoms with Gasteiger partial charge in [0.05, 0.1) is 49.4 Å². The molecular formula is C21H25N5O3. The number of aryl methyl sites for hydroxylation is 1. The zero-order valence-electron chi connectivity index (χ0n) is 17.1. The first kappa shape index (κ1) is 19.4. The lowest BCUT2D eigenvalue weighted by Crippen LogP contribution is -2.26. The molecule has 8 nitrogen and oxygen atoms in total. The molecule has 0 amide bonds. The number of ether oxygens (including phenoxy) is 2. The van der Waals surface area contributed by atoms with Crippen LogP contribution in [0.2, 0.25) is 0 Å². The monoisotopic (exact) mass is 395 g/mol. The molecule has 4 rings (SSSR count). The van der Waals surface area contributed by atoms with E-state index in [4.69, 9.17) is 9.47 Å². The van der Waals surface area contributed by atoms with E-state index in [2.05, 4.69) is 20.3 Å². The number of aliphatic hydroxyl groups is 1. The van der Waals surface area contributed by atoms with Gasteiger partial charge in [0.1, 0.15) is 11.4 Å². The van der Waals surface area contributed by atoms with Crippen LogP contribution in [-0.4, -0.2) is 38.3 Å². The van der Waals surface area contributed by atoms with E-state index in [0.717, 1.165) is 28.3 Å². The van der Waals surface area contributed by atoms with Crippen molar-refractivity contribution in [3.63, 3.8) is 0 Å². The van der Waals surface area contributed by atoms with Gasteiger partial charge in [0.15, 0.2) is 0 Å². The van der Waals surface area contributed by atoms with Gasteiger partial charge in [-0.15, -0.1) is 0 Å². The van der Waals surface area contributed by atoms with Crippen LogP contribution in [0, 0.1) is 6.92 Å². The van der Waals surface area contributed by atoms with Crippen LogP contribution in [0.4, 0.5) is 11.6 Å². The number of benzene rings is 1. The smallest absolute Gasteiger partial charge is 0.227 e. The molecular weight excluding hydrogens is 370 g/mol. The standard InChI is InChI=1S/C21H25N5O3/c1-13-10-26(12-22-13)17-6-5-14(9-18(17)28-4)23-20-24-16-7-8-29-11-15(16)19(25-20)21(2,3)27/h5-6,9-10,12,27H,7-8,11H2,1-4H3,(H,23,24,25). The Morgan fingerprint density at radius 2 is 2.10 bits per heavy atom. The zero-order valence-corrected chi connectivity index (χ0v) is 17.1. The van der Waals surface area contributed by atoms with Crippen molar-refractivity contribution < 1.29 is 14.6 Å². The van der Waals surface area contributed by atoms with Gasteiger partial charge >= 0.3 is 0 Å². The van der Waals surface area contributed by atoms with E-state index < -0.39 is 5.60 Å². The Kier molecular flexibility index (Phi) is 4.97. The number of hydrogen-bond acceptors (Lipinski definition) is 7. The number of hydrogen-bond donors (Lipinski definition) is 2. The lowest BCUT2D eigenvalue weighted by Gasteiger charge is -2.25. The molecule has 0 aliphatic carbocycles. The van der Waals surface area contributed by atoms with E-state index in [9.17, 15) is 5.11 Å². The maximum atomic E-state index is 10.6. The first-order valence-corrected chi connectivity index (χ1v) is 9.51. The summed E-state index contributed by atoms with van der Waals surface area (Å²) < 4.78 is 13.0. The highest BCUT2D eigenvalue weighted by molar-refractivity contribution is 5.62. The van der Waals surface area contributed by atoms with Crippen molar-refractivity contribution in [2.45, 2.75) is 39.4 Å². The number of nitrogens with zero attached hydrogens (tertiary/aromatic N) is 4. The van der Waals surface area contributed by atoms with Crippen molar-refractivity contribution in [3.8, 4) is 11.4 Å². The van der Waals surface area contributed by atoms with Gasteiger partial charge in [-0.25, -0.2) is 15.0 Å². The quantitative estimate of drug-likeness (QED) is 0.686. The summed E-state index contributed by atoms with van der Waals surface area (Å²) in [5, 5.41) is 13.8. The molecule has 3 heterocycles. The number of rotatable bonds is 5. The minimum absolute atomic E-state index is 0.418. The van der Waals surface area contributed by atoms with Gasteiger partial charge in [-0.3, -0.25) is 0 Å². The van der Waals surface area contributed by atoms with Gasteiger partial charge in [-0.1, -0.05) is 0 Å². The Balaban J connectivity index is 1.69. The van der Waals surface area contributed by atoms with Gasteiger partial charge in [0, 0.05) is 29.9 Å². The third kappa shape index (κ3) is 3.94. The summed E-state index contributed by atoms with van der Waals surface area (Å²) in [7, 11) is 1.63. The normalized spacial score (nSPS) is 13.8. The maximum absolute atomic E-state index is 10.6. The average Bonchev–Trinajstić information content (AvgIpc) is 3.12. The van der Waals surface area contributed by atoms with E-state index in [1.807, 2.05) is 35.9 Å². The van der Waals surface area contributed by atoms with Gasteiger partial charge in [0.25, 0.3) is 0 Å². The summed E-state index contributed by atoms with van der Waals surface area (Å²) in [4.78, 5) is 13.5. The number of imidazole rings is 1. The second kappa shape index (κ2) is 7.46. The second-order valence-corrected chi connectivity index (χ2v) is 7.62. The molecule has 0 bridgehead atoms.